The van der Waals surface area contributed by atoms with Gasteiger partial charge in [0.05, 0.1) is 5.92 Å². The number of carbonyl (C=O) groups is 3. The number of hydrogen-bond acceptors (Lipinski definition) is 3. The van der Waals surface area contributed by atoms with Gasteiger partial charge >= 0.3 is 5.97 Å². The molecular weight excluding hydrogens is 351 g/mol. The van der Waals surface area contributed by atoms with E-state index in [4.69, 9.17) is 0 Å². The van der Waals surface area contributed by atoms with Gasteiger partial charge in [-0.1, -0.05) is 12.5 Å². The van der Waals surface area contributed by atoms with Gasteiger partial charge in [0.15, 0.2) is 0 Å². The number of carbonyl (C=O) groups excluding carboxylic acids is 2. The molecule has 1 saturated heterocycles. The maximum Gasteiger partial charge on any atom is 0.306 e. The molecule has 0 aromatic heterocycles. The molecule has 0 radical (unpaired) electrons. The number of carboxylic acids is 1. The van der Waals surface area contributed by atoms with E-state index in [2.05, 4.69) is 0 Å². The second-order valence-electron chi connectivity index (χ2n) is 7.48. The summed E-state index contributed by atoms with van der Waals surface area (Å²) in [6.45, 7) is 3.29. The molecule has 2 atom stereocenters. The zero-order valence-corrected chi connectivity index (χ0v) is 15.5. The third kappa shape index (κ3) is 4.28. The molecule has 1 N–H and O–H groups in total. The van der Waals surface area contributed by atoms with Gasteiger partial charge in [-0.05, 0) is 43.9 Å². The minimum absolute atomic E-state index is 0.00516. The highest BCUT2D eigenvalue weighted by molar-refractivity contribution is 5.94. The van der Waals surface area contributed by atoms with Crippen LogP contribution in [0.25, 0.3) is 0 Å². The van der Waals surface area contributed by atoms with Crippen LogP contribution >= 0.6 is 0 Å². The lowest BCUT2D eigenvalue weighted by molar-refractivity contribution is -0.146. The number of piperazine rings is 1. The SMILES string of the molecule is Cc1ccc(C(=O)N2CCN(C(=O)C3CCCC(C(=O)O)C3)CC2)cc1F. The van der Waals surface area contributed by atoms with Gasteiger partial charge in [-0.3, -0.25) is 14.4 Å². The lowest BCUT2D eigenvalue weighted by atomic mass is 9.80. The number of nitrogens with zero attached hydrogens (tertiary/aromatic N) is 2. The van der Waals surface area contributed by atoms with E-state index in [-0.39, 0.29) is 17.7 Å². The molecule has 7 heteroatoms. The third-order valence-corrected chi connectivity index (χ3v) is 5.67. The molecule has 2 aliphatic rings. The summed E-state index contributed by atoms with van der Waals surface area (Å²) in [5.74, 6) is -2.15. The Labute approximate surface area is 157 Å². The van der Waals surface area contributed by atoms with Gasteiger partial charge in [-0.25, -0.2) is 4.39 Å². The maximum absolute atomic E-state index is 13.7. The third-order valence-electron chi connectivity index (χ3n) is 5.67. The van der Waals surface area contributed by atoms with Crippen molar-refractivity contribution in [3.63, 3.8) is 0 Å². The standard InChI is InChI=1S/C20H25FN2O4/c1-13-5-6-15(12-17(13)21)19(25)23-9-7-22(8-10-23)18(24)14-3-2-4-16(11-14)20(26)27/h5-6,12,14,16H,2-4,7-11H2,1H3,(H,26,27). The van der Waals surface area contributed by atoms with Crippen molar-refractivity contribution in [1.29, 1.82) is 0 Å². The molecule has 146 valence electrons. The van der Waals surface area contributed by atoms with E-state index < -0.39 is 17.7 Å². The van der Waals surface area contributed by atoms with Crippen molar-refractivity contribution in [3.8, 4) is 0 Å². The van der Waals surface area contributed by atoms with Crippen molar-refractivity contribution in [3.05, 3.63) is 35.1 Å². The number of aliphatic carboxylic acids is 1. The zero-order chi connectivity index (χ0) is 19.6. The first-order valence-corrected chi connectivity index (χ1v) is 9.44. The summed E-state index contributed by atoms with van der Waals surface area (Å²) in [6.07, 6.45) is 2.51. The number of hydrogen-bond donors (Lipinski definition) is 1. The molecule has 1 heterocycles. The Morgan fingerprint density at radius 1 is 1.04 bits per heavy atom. The predicted octanol–water partition coefficient (Wildman–Crippen LogP) is 2.31. The first-order chi connectivity index (χ1) is 12.9. The summed E-state index contributed by atoms with van der Waals surface area (Å²) in [7, 11) is 0. The van der Waals surface area contributed by atoms with Gasteiger partial charge in [0.1, 0.15) is 5.82 Å². The van der Waals surface area contributed by atoms with Crippen LogP contribution in [0.15, 0.2) is 18.2 Å². The van der Waals surface area contributed by atoms with Crippen LogP contribution in [-0.4, -0.2) is 58.9 Å². The Hall–Kier alpha value is -2.44. The molecule has 3 rings (SSSR count). The number of aryl methyl sites for hydroxylation is 1. The van der Waals surface area contributed by atoms with Gasteiger partial charge in [-0.2, -0.15) is 0 Å². The minimum atomic E-state index is -0.826. The fourth-order valence-corrected chi connectivity index (χ4v) is 3.93. The van der Waals surface area contributed by atoms with Crippen molar-refractivity contribution >= 4 is 17.8 Å². The highest BCUT2D eigenvalue weighted by Gasteiger charge is 2.34. The van der Waals surface area contributed by atoms with E-state index in [0.29, 0.717) is 50.1 Å². The number of amides is 2. The molecule has 2 amide bonds. The Balaban J connectivity index is 1.56. The second kappa shape index (κ2) is 8.06. The Bertz CT molecular complexity index is 743. The average molecular weight is 376 g/mol. The highest BCUT2D eigenvalue weighted by Crippen LogP contribution is 2.30. The summed E-state index contributed by atoms with van der Waals surface area (Å²) >= 11 is 0. The molecule has 1 aliphatic heterocycles. The van der Waals surface area contributed by atoms with Crippen LogP contribution in [0.4, 0.5) is 4.39 Å². The molecular formula is C20H25FN2O4. The summed E-state index contributed by atoms with van der Waals surface area (Å²) in [4.78, 5) is 39.8. The number of carboxylic acid groups (broad SMARTS) is 1. The smallest absolute Gasteiger partial charge is 0.306 e. The molecule has 2 unspecified atom stereocenters. The molecule has 2 fully saturated rings. The predicted molar refractivity (Wildman–Crippen MR) is 96.7 cm³/mol. The van der Waals surface area contributed by atoms with E-state index in [0.717, 1.165) is 12.8 Å². The normalized spacial score (nSPS) is 23.2. The van der Waals surface area contributed by atoms with Crippen LogP contribution in [0.5, 0.6) is 0 Å². The lowest BCUT2D eigenvalue weighted by Gasteiger charge is -2.37. The molecule has 1 aromatic carbocycles. The minimum Gasteiger partial charge on any atom is -0.481 e. The quantitative estimate of drug-likeness (QED) is 0.878. The van der Waals surface area contributed by atoms with Crippen LogP contribution in [0.3, 0.4) is 0 Å². The number of halogens is 1. The van der Waals surface area contributed by atoms with Gasteiger partial charge in [0.25, 0.3) is 5.91 Å². The summed E-state index contributed by atoms with van der Waals surface area (Å²) in [6, 6.07) is 4.46. The van der Waals surface area contributed by atoms with E-state index in [1.807, 2.05) is 0 Å². The van der Waals surface area contributed by atoms with E-state index in [9.17, 15) is 23.9 Å². The fourth-order valence-electron chi connectivity index (χ4n) is 3.93. The molecule has 1 aliphatic carbocycles. The lowest BCUT2D eigenvalue weighted by Crippen LogP contribution is -2.52. The number of benzene rings is 1. The highest BCUT2D eigenvalue weighted by atomic mass is 19.1. The number of rotatable bonds is 3. The van der Waals surface area contributed by atoms with Crippen LogP contribution in [0.2, 0.25) is 0 Å². The van der Waals surface area contributed by atoms with Crippen LogP contribution in [-0.2, 0) is 9.59 Å². The summed E-state index contributed by atoms with van der Waals surface area (Å²) in [5.41, 5.74) is 0.809. The van der Waals surface area contributed by atoms with E-state index >= 15 is 0 Å². The van der Waals surface area contributed by atoms with Crippen molar-refractivity contribution in [2.75, 3.05) is 26.2 Å². The Morgan fingerprint density at radius 3 is 2.30 bits per heavy atom. The van der Waals surface area contributed by atoms with Crippen molar-refractivity contribution < 1.29 is 23.9 Å². The van der Waals surface area contributed by atoms with Crippen LogP contribution < -0.4 is 0 Å². The zero-order valence-electron chi connectivity index (χ0n) is 15.5. The van der Waals surface area contributed by atoms with Crippen molar-refractivity contribution in [2.24, 2.45) is 11.8 Å². The van der Waals surface area contributed by atoms with Gasteiger partial charge in [-0.15, -0.1) is 0 Å². The van der Waals surface area contributed by atoms with E-state index in [1.165, 1.54) is 6.07 Å². The monoisotopic (exact) mass is 376 g/mol. The maximum atomic E-state index is 13.7. The molecule has 0 spiro atoms. The molecule has 0 bridgehead atoms. The first-order valence-electron chi connectivity index (χ1n) is 9.44. The van der Waals surface area contributed by atoms with Crippen LogP contribution in [0, 0.1) is 24.6 Å². The van der Waals surface area contributed by atoms with Gasteiger partial charge in [0.2, 0.25) is 5.91 Å². The fraction of sp³-hybridized carbons (Fsp3) is 0.550. The van der Waals surface area contributed by atoms with Crippen LogP contribution in [0.1, 0.15) is 41.6 Å². The molecule has 27 heavy (non-hydrogen) atoms. The molecule has 6 nitrogen and oxygen atoms in total. The largest absolute Gasteiger partial charge is 0.481 e. The Kier molecular flexibility index (Phi) is 5.77. The Morgan fingerprint density at radius 2 is 1.67 bits per heavy atom. The van der Waals surface area contributed by atoms with E-state index in [1.54, 1.807) is 28.9 Å². The van der Waals surface area contributed by atoms with Crippen molar-refractivity contribution in [2.45, 2.75) is 32.6 Å². The van der Waals surface area contributed by atoms with Gasteiger partial charge < -0.3 is 14.9 Å². The molecule has 1 aromatic rings. The first kappa shape index (κ1) is 19.3. The second-order valence-corrected chi connectivity index (χ2v) is 7.48. The van der Waals surface area contributed by atoms with Gasteiger partial charge in [0, 0.05) is 37.7 Å². The summed E-state index contributed by atoms with van der Waals surface area (Å²) < 4.78 is 13.7. The van der Waals surface area contributed by atoms with Crippen molar-refractivity contribution in [1.82, 2.24) is 9.80 Å². The average Bonchev–Trinajstić information content (AvgIpc) is 2.69. The summed E-state index contributed by atoms with van der Waals surface area (Å²) in [5, 5.41) is 9.19. The molecule has 1 saturated carbocycles. The topological polar surface area (TPSA) is 77.9 Å².